The van der Waals surface area contributed by atoms with Crippen molar-refractivity contribution in [3.05, 3.63) is 59.1 Å². The number of likely N-dealkylation sites (tertiary alicyclic amines) is 2. The van der Waals surface area contributed by atoms with Gasteiger partial charge < -0.3 is 15.4 Å². The highest BCUT2D eigenvalue weighted by atomic mass is 35.5. The number of amides is 2. The van der Waals surface area contributed by atoms with Gasteiger partial charge in [0.15, 0.2) is 9.84 Å². The van der Waals surface area contributed by atoms with Gasteiger partial charge in [0.05, 0.1) is 16.8 Å². The molecule has 2 fully saturated rings. The van der Waals surface area contributed by atoms with Crippen LogP contribution >= 0.6 is 11.6 Å². The number of benzene rings is 2. The predicted molar refractivity (Wildman–Crippen MR) is 142 cm³/mol. The third kappa shape index (κ3) is 5.82. The van der Waals surface area contributed by atoms with Crippen LogP contribution in [0.15, 0.2) is 53.4 Å². The standard InChI is InChI=1S/C27H36ClN3O4S/c1-20(2)19-35-24-6-4-3-5-21(24)17-30-14-11-27(12-15-30)13-16-31(26(29)32)18-25(27)36(33,34)23-9-7-22(28)8-10-23/h3-10,20,25H,11-19H2,1-2H3,(H2,29,32). The summed E-state index contributed by atoms with van der Waals surface area (Å²) in [5, 5.41) is -0.228. The number of hydrogen-bond donors (Lipinski definition) is 1. The Morgan fingerprint density at radius 1 is 1.08 bits per heavy atom. The average molecular weight is 534 g/mol. The van der Waals surface area contributed by atoms with Crippen molar-refractivity contribution in [2.75, 3.05) is 32.8 Å². The highest BCUT2D eigenvalue weighted by molar-refractivity contribution is 7.92. The van der Waals surface area contributed by atoms with Gasteiger partial charge >= 0.3 is 6.03 Å². The van der Waals surface area contributed by atoms with E-state index in [9.17, 15) is 13.2 Å². The van der Waals surface area contributed by atoms with Gasteiger partial charge in [-0.3, -0.25) is 4.90 Å². The first-order valence-corrected chi connectivity index (χ1v) is 14.5. The molecule has 2 saturated heterocycles. The van der Waals surface area contributed by atoms with Crippen LogP contribution in [0.5, 0.6) is 5.75 Å². The fraction of sp³-hybridized carbons (Fsp3) is 0.519. The van der Waals surface area contributed by atoms with Crippen LogP contribution < -0.4 is 10.5 Å². The molecule has 4 rings (SSSR count). The lowest BCUT2D eigenvalue weighted by atomic mass is 9.70. The van der Waals surface area contributed by atoms with Gasteiger partial charge in [-0.05, 0) is 74.0 Å². The van der Waals surface area contributed by atoms with Gasteiger partial charge in [0.25, 0.3) is 0 Å². The Hall–Kier alpha value is -2.29. The molecule has 2 aliphatic heterocycles. The molecular formula is C27H36ClN3O4S. The zero-order valence-corrected chi connectivity index (χ0v) is 22.6. The first-order valence-electron chi connectivity index (χ1n) is 12.6. The van der Waals surface area contributed by atoms with E-state index in [0.29, 0.717) is 30.5 Å². The number of carbonyl (C=O) groups excluding carboxylic acids is 1. The van der Waals surface area contributed by atoms with Crippen LogP contribution in [0, 0.1) is 11.3 Å². The summed E-state index contributed by atoms with van der Waals surface area (Å²) in [5.74, 6) is 1.35. The third-order valence-electron chi connectivity index (χ3n) is 7.57. The molecule has 2 aromatic carbocycles. The summed E-state index contributed by atoms with van der Waals surface area (Å²) in [4.78, 5) is 16.1. The number of ether oxygens (including phenoxy) is 1. The van der Waals surface area contributed by atoms with Crippen molar-refractivity contribution >= 4 is 27.5 Å². The van der Waals surface area contributed by atoms with Crippen molar-refractivity contribution in [1.29, 1.82) is 0 Å². The Bertz CT molecular complexity index is 1160. The van der Waals surface area contributed by atoms with Crippen LogP contribution in [0.2, 0.25) is 5.02 Å². The van der Waals surface area contributed by atoms with Gasteiger partial charge in [0.1, 0.15) is 5.75 Å². The van der Waals surface area contributed by atoms with Crippen molar-refractivity contribution < 1.29 is 17.9 Å². The zero-order chi connectivity index (χ0) is 25.9. The normalized spacial score (nSPS) is 20.6. The minimum absolute atomic E-state index is 0.117. The van der Waals surface area contributed by atoms with Crippen LogP contribution in [-0.4, -0.2) is 62.3 Å². The maximum Gasteiger partial charge on any atom is 0.314 e. The summed E-state index contributed by atoms with van der Waals surface area (Å²) in [7, 11) is -3.70. The maximum absolute atomic E-state index is 13.8. The lowest BCUT2D eigenvalue weighted by molar-refractivity contribution is 0.0467. The van der Waals surface area contributed by atoms with E-state index in [-0.39, 0.29) is 11.4 Å². The molecule has 36 heavy (non-hydrogen) atoms. The van der Waals surface area contributed by atoms with E-state index in [0.717, 1.165) is 43.8 Å². The van der Waals surface area contributed by atoms with Crippen molar-refractivity contribution in [3.63, 3.8) is 0 Å². The zero-order valence-electron chi connectivity index (χ0n) is 21.0. The van der Waals surface area contributed by atoms with Crippen LogP contribution in [-0.2, 0) is 16.4 Å². The number of sulfone groups is 1. The molecule has 2 heterocycles. The number of rotatable bonds is 7. The molecule has 0 aliphatic carbocycles. The largest absolute Gasteiger partial charge is 0.493 e. The van der Waals surface area contributed by atoms with E-state index >= 15 is 0 Å². The molecule has 2 amide bonds. The molecule has 0 saturated carbocycles. The summed E-state index contributed by atoms with van der Waals surface area (Å²) >= 11 is 6.00. The number of primary amides is 1. The number of nitrogens with zero attached hydrogens (tertiary/aromatic N) is 2. The lowest BCUT2D eigenvalue weighted by Crippen LogP contribution is -2.59. The molecule has 2 aromatic rings. The van der Waals surface area contributed by atoms with Gasteiger partial charge in [-0.1, -0.05) is 43.6 Å². The molecule has 7 nitrogen and oxygen atoms in total. The smallest absolute Gasteiger partial charge is 0.314 e. The van der Waals surface area contributed by atoms with E-state index in [1.807, 2.05) is 18.2 Å². The van der Waals surface area contributed by atoms with E-state index in [4.69, 9.17) is 22.1 Å². The van der Waals surface area contributed by atoms with Crippen molar-refractivity contribution in [2.24, 2.45) is 17.1 Å². The summed E-state index contributed by atoms with van der Waals surface area (Å²) in [5.41, 5.74) is 6.30. The van der Waals surface area contributed by atoms with Gasteiger partial charge in [-0.15, -0.1) is 0 Å². The van der Waals surface area contributed by atoms with Crippen LogP contribution in [0.25, 0.3) is 0 Å². The fourth-order valence-electron chi connectivity index (χ4n) is 5.42. The molecular weight excluding hydrogens is 498 g/mol. The topological polar surface area (TPSA) is 92.9 Å². The number of urea groups is 1. The summed E-state index contributed by atoms with van der Waals surface area (Å²) in [6.45, 7) is 7.84. The molecule has 2 aliphatic rings. The van der Waals surface area contributed by atoms with Gasteiger partial charge in [0, 0.05) is 30.2 Å². The van der Waals surface area contributed by atoms with Gasteiger partial charge in [-0.25, -0.2) is 13.2 Å². The van der Waals surface area contributed by atoms with Crippen molar-refractivity contribution in [2.45, 2.75) is 49.8 Å². The molecule has 1 spiro atoms. The molecule has 1 atom stereocenters. The van der Waals surface area contributed by atoms with E-state index in [1.54, 1.807) is 24.3 Å². The second kappa shape index (κ2) is 11.0. The molecule has 196 valence electrons. The Labute approximate surface area is 219 Å². The lowest BCUT2D eigenvalue weighted by Gasteiger charge is -2.51. The number of hydrogen-bond acceptors (Lipinski definition) is 5. The fourth-order valence-corrected chi connectivity index (χ4v) is 7.78. The summed E-state index contributed by atoms with van der Waals surface area (Å²) < 4.78 is 33.7. The molecule has 0 radical (unpaired) electrons. The summed E-state index contributed by atoms with van der Waals surface area (Å²) in [6.07, 6.45) is 2.10. The number of carbonyl (C=O) groups is 1. The van der Waals surface area contributed by atoms with Crippen molar-refractivity contribution in [1.82, 2.24) is 9.80 Å². The SMILES string of the molecule is CC(C)COc1ccccc1CN1CCC2(CC1)CCN(C(N)=O)CC2S(=O)(=O)c1ccc(Cl)cc1. The Kier molecular flexibility index (Phi) is 8.17. The van der Waals surface area contributed by atoms with Crippen LogP contribution in [0.1, 0.15) is 38.7 Å². The summed E-state index contributed by atoms with van der Waals surface area (Å²) in [6, 6.07) is 13.8. The first kappa shape index (κ1) is 26.8. The Morgan fingerprint density at radius 3 is 2.36 bits per heavy atom. The molecule has 1 unspecified atom stereocenters. The molecule has 2 N–H and O–H groups in total. The second-order valence-corrected chi connectivity index (χ2v) is 13.0. The highest BCUT2D eigenvalue weighted by Gasteiger charge is 2.51. The molecule has 0 aromatic heterocycles. The average Bonchev–Trinajstić information content (AvgIpc) is 2.85. The number of nitrogens with two attached hydrogens (primary N) is 1. The molecule has 9 heteroatoms. The van der Waals surface area contributed by atoms with Crippen LogP contribution in [0.4, 0.5) is 4.79 Å². The second-order valence-electron chi connectivity index (χ2n) is 10.5. The third-order valence-corrected chi connectivity index (χ3v) is 10.1. The quantitative estimate of drug-likeness (QED) is 0.562. The number of para-hydroxylation sites is 1. The molecule has 0 bridgehead atoms. The highest BCUT2D eigenvalue weighted by Crippen LogP contribution is 2.46. The van der Waals surface area contributed by atoms with Gasteiger partial charge in [0.2, 0.25) is 0 Å². The predicted octanol–water partition coefficient (Wildman–Crippen LogP) is 4.58. The van der Waals surface area contributed by atoms with E-state index < -0.39 is 26.5 Å². The van der Waals surface area contributed by atoms with Gasteiger partial charge in [-0.2, -0.15) is 0 Å². The number of halogens is 1. The van der Waals surface area contributed by atoms with E-state index in [1.165, 1.54) is 4.90 Å². The maximum atomic E-state index is 13.8. The van der Waals surface area contributed by atoms with E-state index in [2.05, 4.69) is 24.8 Å². The Morgan fingerprint density at radius 2 is 1.72 bits per heavy atom. The minimum Gasteiger partial charge on any atom is -0.493 e. The monoisotopic (exact) mass is 533 g/mol. The Balaban J connectivity index is 1.52. The first-order chi connectivity index (χ1) is 17.1. The number of piperidine rings is 2. The van der Waals surface area contributed by atoms with Crippen LogP contribution in [0.3, 0.4) is 0 Å². The van der Waals surface area contributed by atoms with Crippen molar-refractivity contribution in [3.8, 4) is 5.75 Å². The minimum atomic E-state index is -3.70.